The summed E-state index contributed by atoms with van der Waals surface area (Å²) in [6.07, 6.45) is 5.45. The third-order valence-corrected chi connectivity index (χ3v) is 7.39. The Morgan fingerprint density at radius 1 is 1.04 bits per heavy atom. The first-order chi connectivity index (χ1) is 13.2. The monoisotopic (exact) mass is 381 g/mol. The molecule has 2 saturated carbocycles. The van der Waals surface area contributed by atoms with Crippen molar-refractivity contribution in [1.29, 1.82) is 0 Å². The molecule has 2 heterocycles. The Hall–Kier alpha value is -1.79. The molecular formula is C22H28BNO4. The SMILES string of the molecule is COc1cn(C2CC3CC3C2)c(=O)c2cc(B3OC(C)(C)C(C)(C)O3)ccc12. The van der Waals surface area contributed by atoms with E-state index in [2.05, 4.69) is 0 Å². The van der Waals surface area contributed by atoms with Gasteiger partial charge in [-0.15, -0.1) is 0 Å². The number of ether oxygens (including phenoxy) is 1. The molecule has 1 aliphatic heterocycles. The quantitative estimate of drug-likeness (QED) is 0.766. The third-order valence-electron chi connectivity index (χ3n) is 7.39. The summed E-state index contributed by atoms with van der Waals surface area (Å²) in [6, 6.07) is 6.14. The highest BCUT2D eigenvalue weighted by atomic mass is 16.7. The van der Waals surface area contributed by atoms with Crippen LogP contribution < -0.4 is 15.8 Å². The van der Waals surface area contributed by atoms with Crippen molar-refractivity contribution < 1.29 is 14.0 Å². The first kappa shape index (κ1) is 18.3. The van der Waals surface area contributed by atoms with E-state index < -0.39 is 18.3 Å². The van der Waals surface area contributed by atoms with Gasteiger partial charge in [-0.05, 0) is 70.3 Å². The first-order valence-electron chi connectivity index (χ1n) is 10.3. The van der Waals surface area contributed by atoms with E-state index in [1.165, 1.54) is 6.42 Å². The summed E-state index contributed by atoms with van der Waals surface area (Å²) in [6.45, 7) is 8.15. The molecule has 0 bridgehead atoms. The van der Waals surface area contributed by atoms with Crippen molar-refractivity contribution in [2.45, 2.75) is 64.2 Å². The Kier molecular flexibility index (Phi) is 3.82. The van der Waals surface area contributed by atoms with Gasteiger partial charge in [0.2, 0.25) is 0 Å². The van der Waals surface area contributed by atoms with E-state index in [-0.39, 0.29) is 11.6 Å². The summed E-state index contributed by atoms with van der Waals surface area (Å²) in [5, 5.41) is 1.51. The van der Waals surface area contributed by atoms with E-state index in [0.29, 0.717) is 5.39 Å². The van der Waals surface area contributed by atoms with Crippen molar-refractivity contribution in [3.05, 3.63) is 34.7 Å². The van der Waals surface area contributed by atoms with Crippen molar-refractivity contribution in [1.82, 2.24) is 4.57 Å². The zero-order chi connectivity index (χ0) is 19.8. The van der Waals surface area contributed by atoms with Crippen LogP contribution in [-0.4, -0.2) is 30.0 Å². The molecule has 3 aliphatic rings. The van der Waals surface area contributed by atoms with Gasteiger partial charge in [-0.25, -0.2) is 0 Å². The highest BCUT2D eigenvalue weighted by Gasteiger charge is 2.52. The molecule has 2 atom stereocenters. The second-order valence-corrected chi connectivity index (χ2v) is 9.68. The zero-order valence-corrected chi connectivity index (χ0v) is 17.3. The number of methoxy groups -OCH3 is 1. The molecule has 5 rings (SSSR count). The lowest BCUT2D eigenvalue weighted by molar-refractivity contribution is 0.00578. The smallest absolute Gasteiger partial charge is 0.494 e. The minimum atomic E-state index is -0.479. The number of aromatic nitrogens is 1. The summed E-state index contributed by atoms with van der Waals surface area (Å²) >= 11 is 0. The summed E-state index contributed by atoms with van der Waals surface area (Å²) in [5.41, 5.74) is 0.107. The molecule has 148 valence electrons. The molecule has 0 radical (unpaired) electrons. The molecule has 28 heavy (non-hydrogen) atoms. The summed E-state index contributed by atoms with van der Waals surface area (Å²) in [4.78, 5) is 13.4. The van der Waals surface area contributed by atoms with Crippen LogP contribution in [-0.2, 0) is 9.31 Å². The standard InChI is InChI=1S/C22H28BNO4/c1-21(2)22(3,4)28-23(27-21)15-6-7-17-18(11-15)20(25)24(12-19(17)26-5)16-9-13-8-14(13)10-16/h6-7,11-14,16H,8-10H2,1-5H3. The molecule has 5 nitrogen and oxygen atoms in total. The van der Waals surface area contributed by atoms with Gasteiger partial charge in [0.15, 0.2) is 0 Å². The summed E-state index contributed by atoms with van der Waals surface area (Å²) in [5.74, 6) is 2.37. The maximum atomic E-state index is 13.4. The highest BCUT2D eigenvalue weighted by Crippen LogP contribution is 2.55. The van der Waals surface area contributed by atoms with Gasteiger partial charge < -0.3 is 18.6 Å². The first-order valence-corrected chi connectivity index (χ1v) is 10.3. The van der Waals surface area contributed by atoms with Gasteiger partial charge in [-0.2, -0.15) is 0 Å². The average Bonchev–Trinajstić information content (AvgIpc) is 3.18. The zero-order valence-electron chi connectivity index (χ0n) is 17.3. The van der Waals surface area contributed by atoms with Crippen molar-refractivity contribution in [3.8, 4) is 5.75 Å². The van der Waals surface area contributed by atoms with E-state index in [4.69, 9.17) is 14.0 Å². The Labute approximate surface area is 166 Å². The van der Waals surface area contributed by atoms with Crippen LogP contribution in [0.4, 0.5) is 0 Å². The minimum Gasteiger partial charge on any atom is -0.495 e. The van der Waals surface area contributed by atoms with Crippen molar-refractivity contribution in [3.63, 3.8) is 0 Å². The van der Waals surface area contributed by atoms with Gasteiger partial charge >= 0.3 is 7.12 Å². The number of benzene rings is 1. The third kappa shape index (κ3) is 2.65. The average molecular weight is 381 g/mol. The van der Waals surface area contributed by atoms with E-state index >= 15 is 0 Å². The topological polar surface area (TPSA) is 49.7 Å². The molecular weight excluding hydrogens is 353 g/mol. The second kappa shape index (κ2) is 5.86. The van der Waals surface area contributed by atoms with Gasteiger partial charge in [-0.3, -0.25) is 4.79 Å². The van der Waals surface area contributed by atoms with Crippen LogP contribution in [0.25, 0.3) is 10.8 Å². The molecule has 6 heteroatoms. The lowest BCUT2D eigenvalue weighted by Crippen LogP contribution is -2.41. The number of fused-ring (bicyclic) bond motifs is 2. The van der Waals surface area contributed by atoms with Crippen LogP contribution in [0.1, 0.15) is 53.0 Å². The van der Waals surface area contributed by atoms with Gasteiger partial charge in [0.25, 0.3) is 5.56 Å². The Morgan fingerprint density at radius 3 is 2.29 bits per heavy atom. The fourth-order valence-electron chi connectivity index (χ4n) is 4.82. The Balaban J connectivity index is 1.59. The van der Waals surface area contributed by atoms with Gasteiger partial charge in [0.1, 0.15) is 5.75 Å². The van der Waals surface area contributed by atoms with Crippen molar-refractivity contribution in [2.75, 3.05) is 7.11 Å². The minimum absolute atomic E-state index is 0.0560. The normalized spacial score (nSPS) is 29.9. The van der Waals surface area contributed by atoms with Crippen LogP contribution in [0.5, 0.6) is 5.75 Å². The maximum Gasteiger partial charge on any atom is 0.494 e. The van der Waals surface area contributed by atoms with Crippen LogP contribution in [0, 0.1) is 11.8 Å². The van der Waals surface area contributed by atoms with Gasteiger partial charge in [0.05, 0.1) is 29.9 Å². The van der Waals surface area contributed by atoms with E-state index in [1.807, 2.05) is 56.7 Å². The number of nitrogens with zero attached hydrogens (tertiary/aromatic N) is 1. The largest absolute Gasteiger partial charge is 0.495 e. The summed E-state index contributed by atoms with van der Waals surface area (Å²) in [7, 11) is 1.19. The molecule has 2 unspecified atom stereocenters. The van der Waals surface area contributed by atoms with Crippen LogP contribution >= 0.6 is 0 Å². The number of hydrogen-bond donors (Lipinski definition) is 0. The predicted octanol–water partition coefficient (Wildman–Crippen LogP) is 3.28. The van der Waals surface area contributed by atoms with Crippen LogP contribution in [0.3, 0.4) is 0 Å². The van der Waals surface area contributed by atoms with E-state index in [0.717, 1.165) is 41.3 Å². The summed E-state index contributed by atoms with van der Waals surface area (Å²) < 4.78 is 19.9. The van der Waals surface area contributed by atoms with E-state index in [1.54, 1.807) is 7.11 Å². The lowest BCUT2D eigenvalue weighted by Gasteiger charge is -2.32. The van der Waals surface area contributed by atoms with Gasteiger partial charge in [0, 0.05) is 11.4 Å². The fraction of sp³-hybridized carbons (Fsp3) is 0.591. The van der Waals surface area contributed by atoms with Gasteiger partial charge in [-0.1, -0.05) is 12.1 Å². The Bertz CT molecular complexity index is 985. The number of hydrogen-bond acceptors (Lipinski definition) is 4. The van der Waals surface area contributed by atoms with Crippen molar-refractivity contribution in [2.24, 2.45) is 11.8 Å². The predicted molar refractivity (Wildman–Crippen MR) is 110 cm³/mol. The highest BCUT2D eigenvalue weighted by molar-refractivity contribution is 6.62. The maximum absolute atomic E-state index is 13.4. The Morgan fingerprint density at radius 2 is 1.68 bits per heavy atom. The molecule has 1 aromatic carbocycles. The molecule has 1 saturated heterocycles. The van der Waals surface area contributed by atoms with Crippen molar-refractivity contribution >= 4 is 23.4 Å². The van der Waals surface area contributed by atoms with Crippen LogP contribution in [0.15, 0.2) is 29.2 Å². The molecule has 0 N–H and O–H groups in total. The number of rotatable bonds is 3. The molecule has 0 spiro atoms. The number of pyridine rings is 1. The molecule has 3 fully saturated rings. The molecule has 0 amide bonds. The van der Waals surface area contributed by atoms with E-state index in [9.17, 15) is 4.79 Å². The van der Waals surface area contributed by atoms with Crippen LogP contribution in [0.2, 0.25) is 0 Å². The molecule has 2 aliphatic carbocycles. The molecule has 2 aromatic rings. The second-order valence-electron chi connectivity index (χ2n) is 9.68. The fourth-order valence-corrected chi connectivity index (χ4v) is 4.82. The lowest BCUT2D eigenvalue weighted by atomic mass is 9.78. The molecule has 1 aromatic heterocycles.